The minimum Gasteiger partial charge on any atom is -0.309 e. The molecule has 2 heterocycles. The van der Waals surface area contributed by atoms with Crippen molar-refractivity contribution in [3.05, 3.63) is 45.7 Å². The van der Waals surface area contributed by atoms with Crippen LogP contribution in [0.3, 0.4) is 0 Å². The summed E-state index contributed by atoms with van der Waals surface area (Å²) in [5.41, 5.74) is 0.112. The van der Waals surface area contributed by atoms with Crippen LogP contribution in [-0.4, -0.2) is 16.0 Å². The van der Waals surface area contributed by atoms with Crippen molar-refractivity contribution in [1.29, 1.82) is 0 Å². The Morgan fingerprint density at radius 1 is 1.33 bits per heavy atom. The van der Waals surface area contributed by atoms with Gasteiger partial charge in [0, 0.05) is 31.4 Å². The normalized spacial score (nSPS) is 15.4. The molecule has 0 aliphatic heterocycles. The number of hydrogen-bond donors (Lipinski definition) is 1. The Bertz CT molecular complexity index is 606. The predicted molar refractivity (Wildman–Crippen MR) is 74.0 cm³/mol. The van der Waals surface area contributed by atoms with Crippen LogP contribution in [0.25, 0.3) is 0 Å². The van der Waals surface area contributed by atoms with Crippen LogP contribution < -0.4 is 5.32 Å². The van der Waals surface area contributed by atoms with Crippen molar-refractivity contribution in [2.75, 3.05) is 0 Å². The maximum atomic E-state index is 13.0. The lowest BCUT2D eigenvalue weighted by atomic mass is 10.2. The molecule has 0 bridgehead atoms. The van der Waals surface area contributed by atoms with Gasteiger partial charge in [-0.25, -0.2) is 4.98 Å². The summed E-state index contributed by atoms with van der Waals surface area (Å²) < 4.78 is 39.1. The fourth-order valence-corrected chi connectivity index (χ4v) is 3.09. The van der Waals surface area contributed by atoms with E-state index in [0.717, 1.165) is 29.7 Å². The van der Waals surface area contributed by atoms with E-state index in [-0.39, 0.29) is 11.4 Å². The summed E-state index contributed by atoms with van der Waals surface area (Å²) in [4.78, 5) is 8.04. The summed E-state index contributed by atoms with van der Waals surface area (Å²) in [7, 11) is 0. The number of aromatic nitrogens is 2. The van der Waals surface area contributed by atoms with Crippen molar-refractivity contribution in [3.8, 4) is 0 Å². The van der Waals surface area contributed by atoms with Gasteiger partial charge in [-0.3, -0.25) is 4.98 Å². The maximum absolute atomic E-state index is 13.0. The first-order valence-corrected chi connectivity index (χ1v) is 7.52. The van der Waals surface area contributed by atoms with Crippen LogP contribution in [0.4, 0.5) is 13.2 Å². The molecular formula is C14H14F3N3S. The molecule has 1 fully saturated rings. The monoisotopic (exact) mass is 313 g/mol. The van der Waals surface area contributed by atoms with E-state index in [9.17, 15) is 13.2 Å². The van der Waals surface area contributed by atoms with E-state index in [1.807, 2.05) is 6.07 Å². The average Bonchev–Trinajstić information content (AvgIpc) is 3.17. The molecule has 0 amide bonds. The van der Waals surface area contributed by atoms with E-state index < -0.39 is 11.9 Å². The summed E-state index contributed by atoms with van der Waals surface area (Å²) in [5.74, 6) is 0. The van der Waals surface area contributed by atoms with E-state index >= 15 is 0 Å². The Labute approximate surface area is 124 Å². The lowest BCUT2D eigenvalue weighted by molar-refractivity contribution is -0.141. The second-order valence-corrected chi connectivity index (χ2v) is 6.24. The first kappa shape index (κ1) is 14.5. The van der Waals surface area contributed by atoms with Crippen LogP contribution in [0, 0.1) is 0 Å². The molecule has 0 saturated heterocycles. The highest BCUT2D eigenvalue weighted by atomic mass is 32.1. The zero-order valence-electron chi connectivity index (χ0n) is 11.2. The smallest absolute Gasteiger partial charge is 0.309 e. The highest BCUT2D eigenvalue weighted by Crippen LogP contribution is 2.35. The fourth-order valence-electron chi connectivity index (χ4n) is 2.02. The summed E-state index contributed by atoms with van der Waals surface area (Å²) in [6.07, 6.45) is 1.36. The number of rotatable bonds is 5. The molecule has 1 aliphatic rings. The molecule has 1 aliphatic carbocycles. The lowest BCUT2D eigenvalue weighted by Crippen LogP contribution is -2.18. The maximum Gasteiger partial charge on any atom is 0.434 e. The number of alkyl halides is 3. The van der Waals surface area contributed by atoms with Gasteiger partial charge in [0.25, 0.3) is 0 Å². The van der Waals surface area contributed by atoms with Crippen molar-refractivity contribution in [1.82, 2.24) is 15.3 Å². The van der Waals surface area contributed by atoms with Crippen LogP contribution >= 0.6 is 11.3 Å². The molecule has 7 heteroatoms. The predicted octanol–water partition coefficient (Wildman–Crippen LogP) is 3.40. The Kier molecular flexibility index (Phi) is 3.95. The molecule has 2 aromatic heterocycles. The molecule has 2 aromatic rings. The van der Waals surface area contributed by atoms with Crippen molar-refractivity contribution in [2.24, 2.45) is 0 Å². The molecular weight excluding hydrogens is 299 g/mol. The minimum absolute atomic E-state index is 0.240. The molecule has 0 atom stereocenters. The van der Waals surface area contributed by atoms with Crippen molar-refractivity contribution in [2.45, 2.75) is 38.0 Å². The van der Waals surface area contributed by atoms with Gasteiger partial charge >= 0.3 is 6.18 Å². The highest BCUT2D eigenvalue weighted by Gasteiger charge is 2.37. The Balaban J connectivity index is 1.80. The number of halogens is 3. The first-order valence-electron chi connectivity index (χ1n) is 6.70. The summed E-state index contributed by atoms with van der Waals surface area (Å²) in [5, 5.41) is 3.60. The van der Waals surface area contributed by atoms with Crippen LogP contribution in [0.15, 0.2) is 24.5 Å². The zero-order chi connectivity index (χ0) is 14.9. The molecule has 1 N–H and O–H groups in total. The Morgan fingerprint density at radius 3 is 2.76 bits per heavy atom. The van der Waals surface area contributed by atoms with Crippen LogP contribution in [-0.2, 0) is 19.1 Å². The summed E-state index contributed by atoms with van der Waals surface area (Å²) >= 11 is 1.13. The topological polar surface area (TPSA) is 37.8 Å². The van der Waals surface area contributed by atoms with Gasteiger partial charge in [-0.15, -0.1) is 11.3 Å². The van der Waals surface area contributed by atoms with Crippen molar-refractivity contribution >= 4 is 11.3 Å². The van der Waals surface area contributed by atoms with E-state index in [1.54, 1.807) is 18.5 Å². The third-order valence-corrected chi connectivity index (χ3v) is 4.27. The van der Waals surface area contributed by atoms with Crippen LogP contribution in [0.2, 0.25) is 0 Å². The minimum atomic E-state index is -4.40. The zero-order valence-corrected chi connectivity index (χ0v) is 12.0. The van der Waals surface area contributed by atoms with Crippen LogP contribution in [0.5, 0.6) is 0 Å². The molecule has 0 radical (unpaired) electrons. The van der Waals surface area contributed by atoms with E-state index in [2.05, 4.69) is 15.3 Å². The third kappa shape index (κ3) is 3.79. The number of nitrogens with one attached hydrogen (secondary N) is 1. The second-order valence-electron chi connectivity index (χ2n) is 5.07. The van der Waals surface area contributed by atoms with Gasteiger partial charge in [-0.05, 0) is 24.5 Å². The number of nitrogens with zero attached hydrogens (tertiary/aromatic N) is 2. The molecule has 0 spiro atoms. The second kappa shape index (κ2) is 5.73. The standard InChI is InChI=1S/C14H14F3N3S/c15-14(16,17)13-11(8-19-10-3-4-10)21-12(20-13)6-9-2-1-5-18-7-9/h1-2,5,7,10,19H,3-4,6,8H2. The van der Waals surface area contributed by atoms with Gasteiger partial charge in [0.05, 0.1) is 9.88 Å². The van der Waals surface area contributed by atoms with Gasteiger partial charge < -0.3 is 5.32 Å². The van der Waals surface area contributed by atoms with Gasteiger partial charge in [-0.2, -0.15) is 13.2 Å². The first-order chi connectivity index (χ1) is 10.0. The molecule has 0 aromatic carbocycles. The van der Waals surface area contributed by atoms with Gasteiger partial charge in [-0.1, -0.05) is 6.07 Å². The summed E-state index contributed by atoms with van der Waals surface area (Å²) in [6, 6.07) is 3.97. The van der Waals surface area contributed by atoms with Crippen molar-refractivity contribution in [3.63, 3.8) is 0 Å². The molecule has 3 rings (SSSR count). The fraction of sp³-hybridized carbons (Fsp3) is 0.429. The van der Waals surface area contributed by atoms with Gasteiger partial charge in [0.2, 0.25) is 0 Å². The quantitative estimate of drug-likeness (QED) is 0.919. The number of pyridine rings is 1. The molecule has 112 valence electrons. The van der Waals surface area contributed by atoms with Crippen LogP contribution in [0.1, 0.15) is 34.0 Å². The third-order valence-electron chi connectivity index (χ3n) is 3.22. The molecule has 21 heavy (non-hydrogen) atoms. The number of thiazole rings is 1. The molecule has 1 saturated carbocycles. The van der Waals surface area contributed by atoms with Gasteiger partial charge in [0.1, 0.15) is 0 Å². The Hall–Kier alpha value is -1.47. The summed E-state index contributed by atoms with van der Waals surface area (Å²) in [6.45, 7) is 0.240. The molecule has 0 unspecified atom stereocenters. The number of hydrogen-bond acceptors (Lipinski definition) is 4. The highest BCUT2D eigenvalue weighted by molar-refractivity contribution is 7.11. The largest absolute Gasteiger partial charge is 0.434 e. The Morgan fingerprint density at radius 2 is 2.14 bits per heavy atom. The van der Waals surface area contributed by atoms with E-state index in [1.165, 1.54) is 0 Å². The van der Waals surface area contributed by atoms with Crippen molar-refractivity contribution < 1.29 is 13.2 Å². The SMILES string of the molecule is FC(F)(F)c1nc(Cc2cccnc2)sc1CNC1CC1. The van der Waals surface area contributed by atoms with E-state index in [0.29, 0.717) is 17.5 Å². The lowest BCUT2D eigenvalue weighted by Gasteiger charge is -2.06. The van der Waals surface area contributed by atoms with Gasteiger partial charge in [0.15, 0.2) is 5.69 Å². The molecule has 3 nitrogen and oxygen atoms in total. The van der Waals surface area contributed by atoms with E-state index in [4.69, 9.17) is 0 Å². The average molecular weight is 313 g/mol.